The van der Waals surface area contributed by atoms with Crippen molar-refractivity contribution < 1.29 is 28.6 Å². The molecule has 0 aliphatic heterocycles. The number of hydrogen-bond acceptors (Lipinski definition) is 3. The molecule has 0 N–H and O–H groups in total. The molecule has 0 spiro atoms. The van der Waals surface area contributed by atoms with E-state index in [0.717, 1.165) is 55.6 Å². The first kappa shape index (κ1) is 34.2. The summed E-state index contributed by atoms with van der Waals surface area (Å²) in [5.74, 6) is 7.62. The van der Waals surface area contributed by atoms with E-state index in [1.54, 1.807) is 12.1 Å². The molecule has 3 aromatic heterocycles. The maximum absolute atomic E-state index is 7.60. The largest absolute Gasteiger partial charge is 0.500 e. The maximum atomic E-state index is 7.60. The van der Waals surface area contributed by atoms with Crippen molar-refractivity contribution in [2.45, 2.75) is 50.8 Å². The Morgan fingerprint density at radius 2 is 1.45 bits per heavy atom. The Bertz CT molecular complexity index is 2610. The van der Waals surface area contributed by atoms with Crippen LogP contribution in [0.1, 0.15) is 40.6 Å². The summed E-state index contributed by atoms with van der Waals surface area (Å²) in [6.45, 7) is 4.41. The molecule has 0 saturated heterocycles. The van der Waals surface area contributed by atoms with Gasteiger partial charge in [-0.15, -0.1) is 18.2 Å². The molecule has 0 atom stereocenters. The van der Waals surface area contributed by atoms with Crippen LogP contribution in [-0.2, 0) is 20.1 Å². The summed E-state index contributed by atoms with van der Waals surface area (Å²) in [5.41, 5.74) is 12.4. The molecule has 3 heterocycles. The minimum Gasteiger partial charge on any atom is -0.500 e. The zero-order chi connectivity index (χ0) is 38.9. The van der Waals surface area contributed by atoms with Crippen LogP contribution in [0.4, 0.5) is 0 Å². The zero-order valence-electron chi connectivity index (χ0n) is 33.9. The molecule has 3 nitrogen and oxygen atoms in total. The van der Waals surface area contributed by atoms with Crippen LogP contribution in [0.5, 0.6) is 0 Å². The maximum Gasteiger partial charge on any atom is 0.128 e. The summed E-state index contributed by atoms with van der Waals surface area (Å²) >= 11 is -1.85. The third-order valence-corrected chi connectivity index (χ3v) is 14.0. The molecule has 8 aromatic rings. The van der Waals surface area contributed by atoms with Crippen LogP contribution in [0.2, 0.25) is 17.3 Å². The van der Waals surface area contributed by atoms with Gasteiger partial charge >= 0.3 is 142 Å². The van der Waals surface area contributed by atoms with Crippen LogP contribution >= 0.6 is 0 Å². The molecule has 0 amide bonds. The Morgan fingerprint density at radius 3 is 2.17 bits per heavy atom. The average Bonchev–Trinajstić information content (AvgIpc) is 3.57. The van der Waals surface area contributed by atoms with E-state index in [4.69, 9.17) is 13.5 Å². The number of hydrogen-bond donors (Lipinski definition) is 0. The fraction of sp³-hybridized carbons (Fsp3) is 0.167. The Labute approximate surface area is 334 Å². The number of aryl methyl sites for hydroxylation is 2. The number of fused-ring (bicyclic) bond motifs is 3. The van der Waals surface area contributed by atoms with Gasteiger partial charge < -0.3 is 9.40 Å². The van der Waals surface area contributed by atoms with Gasteiger partial charge in [0.05, 0.1) is 5.58 Å². The summed E-state index contributed by atoms with van der Waals surface area (Å²) in [6.07, 6.45) is 3.92. The monoisotopic (exact) mass is 934 g/mol. The molecule has 0 unspecified atom stereocenters. The quantitative estimate of drug-likeness (QED) is 0.123. The Morgan fingerprint density at radius 1 is 0.698 bits per heavy atom. The number of para-hydroxylation sites is 1. The second kappa shape index (κ2) is 16.2. The first-order valence-corrected chi connectivity index (χ1v) is 25.1. The van der Waals surface area contributed by atoms with E-state index in [1.807, 2.05) is 66.9 Å². The van der Waals surface area contributed by atoms with Crippen LogP contribution in [0, 0.1) is 25.9 Å². The summed E-state index contributed by atoms with van der Waals surface area (Å²) in [4.78, 5) is 9.31. The van der Waals surface area contributed by atoms with Gasteiger partial charge in [-0.1, -0.05) is 84.5 Å². The van der Waals surface area contributed by atoms with Crippen molar-refractivity contribution in [3.63, 3.8) is 0 Å². The van der Waals surface area contributed by atoms with Gasteiger partial charge in [-0.05, 0) is 30.1 Å². The molecule has 0 fully saturated rings. The summed E-state index contributed by atoms with van der Waals surface area (Å²) in [7, 11) is 0. The number of furan rings is 1. The minimum atomic E-state index is -2.12. The van der Waals surface area contributed by atoms with E-state index in [0.29, 0.717) is 11.5 Å². The zero-order valence-corrected chi connectivity index (χ0v) is 35.4. The fourth-order valence-electron chi connectivity index (χ4n) is 6.69. The van der Waals surface area contributed by atoms with E-state index >= 15 is 0 Å². The Kier molecular flexibility index (Phi) is 10.4. The van der Waals surface area contributed by atoms with Gasteiger partial charge in [0.2, 0.25) is 0 Å². The SMILES string of the molecule is Cc1cc(-c2[c-]ccc(-c3ccccc3)c2)nc[c]1[Ge]([CH3])([CH3])[CH3].[2H]C([2H])([2H])c1ccc(-c2cccc3c2oc2c(-c4cc(C(C)C)ccn4)[c-]ccc23)cc1.[Ir]. The van der Waals surface area contributed by atoms with Crippen LogP contribution < -0.4 is 4.40 Å². The molecule has 0 aliphatic carbocycles. The van der Waals surface area contributed by atoms with E-state index in [2.05, 4.69) is 110 Å². The molecular formula is C48H44GeIrN2O-2. The number of nitrogens with zero attached hydrogens (tertiary/aromatic N) is 2. The van der Waals surface area contributed by atoms with Gasteiger partial charge in [0.25, 0.3) is 0 Å². The standard InChI is InChI=1S/C27H22NO.C21H22GeN.Ir/c1-17(2)20-14-15-28-25(16-20)24-9-5-8-23-22-7-4-6-21(26(22)29-27(23)24)19-12-10-18(3)11-13-19;1-16-13-21(23-15-20(16)22(2,3)4)19-12-8-11-18(14-19)17-9-6-5-7-10-17;/h4-8,10-17H,1-3H3;5-11,13-15H,1-4H3;/q2*-1;/i3D3;;. The smallest absolute Gasteiger partial charge is 0.128 e. The predicted octanol–water partition coefficient (Wildman–Crippen LogP) is 12.6. The number of pyridine rings is 2. The second-order valence-electron chi connectivity index (χ2n) is 14.6. The summed E-state index contributed by atoms with van der Waals surface area (Å²) < 4.78 is 30.7. The van der Waals surface area contributed by atoms with Gasteiger partial charge in [-0.3, -0.25) is 0 Å². The summed E-state index contributed by atoms with van der Waals surface area (Å²) in [5, 5.41) is 2.01. The molecular weight excluding hydrogens is 885 g/mol. The topological polar surface area (TPSA) is 38.9 Å². The van der Waals surface area contributed by atoms with E-state index < -0.39 is 20.1 Å². The molecule has 0 saturated carbocycles. The Hall–Kier alpha value is -4.61. The first-order chi connectivity index (χ1) is 26.3. The van der Waals surface area contributed by atoms with Crippen molar-refractivity contribution >= 4 is 39.6 Å². The molecule has 5 heteroatoms. The van der Waals surface area contributed by atoms with Gasteiger partial charge in [0.1, 0.15) is 5.58 Å². The first-order valence-electron chi connectivity index (χ1n) is 19.3. The van der Waals surface area contributed by atoms with Gasteiger partial charge in [0.15, 0.2) is 0 Å². The third kappa shape index (κ3) is 8.31. The molecule has 0 aliphatic rings. The minimum absolute atomic E-state index is 0. The van der Waals surface area contributed by atoms with Crippen LogP contribution in [0.3, 0.4) is 0 Å². The van der Waals surface area contributed by atoms with E-state index in [-0.39, 0.29) is 20.1 Å². The number of aromatic nitrogens is 2. The number of benzene rings is 5. The Balaban J connectivity index is 0.000000197. The van der Waals surface area contributed by atoms with Gasteiger partial charge in [-0.25, -0.2) is 0 Å². The van der Waals surface area contributed by atoms with Crippen LogP contribution in [0.15, 0.2) is 138 Å². The molecule has 267 valence electrons. The number of rotatable bonds is 6. The molecule has 0 bridgehead atoms. The van der Waals surface area contributed by atoms with Crippen molar-refractivity contribution in [3.05, 3.63) is 163 Å². The normalized spacial score (nSPS) is 12.4. The average molecular weight is 933 g/mol. The molecule has 1 radical (unpaired) electrons. The molecule has 53 heavy (non-hydrogen) atoms. The molecule has 8 rings (SSSR count). The van der Waals surface area contributed by atoms with Crippen molar-refractivity contribution in [2.75, 3.05) is 0 Å². The van der Waals surface area contributed by atoms with Crippen molar-refractivity contribution in [3.8, 4) is 44.8 Å². The third-order valence-electron chi connectivity index (χ3n) is 9.46. The second-order valence-corrected chi connectivity index (χ2v) is 25.1. The van der Waals surface area contributed by atoms with E-state index in [1.165, 1.54) is 26.6 Å². The van der Waals surface area contributed by atoms with E-state index in [9.17, 15) is 0 Å². The van der Waals surface area contributed by atoms with Gasteiger partial charge in [-0.2, -0.15) is 0 Å². The van der Waals surface area contributed by atoms with Crippen molar-refractivity contribution in [2.24, 2.45) is 0 Å². The van der Waals surface area contributed by atoms with Crippen molar-refractivity contribution in [1.82, 2.24) is 9.97 Å². The summed E-state index contributed by atoms with van der Waals surface area (Å²) in [6, 6.07) is 46.7. The van der Waals surface area contributed by atoms with Crippen molar-refractivity contribution in [1.29, 1.82) is 0 Å². The van der Waals surface area contributed by atoms with Gasteiger partial charge in [0, 0.05) is 41.4 Å². The van der Waals surface area contributed by atoms with Crippen LogP contribution in [0.25, 0.3) is 66.7 Å². The molecule has 5 aromatic carbocycles. The predicted molar refractivity (Wildman–Crippen MR) is 222 cm³/mol. The van der Waals surface area contributed by atoms with Crippen LogP contribution in [-0.4, -0.2) is 23.2 Å². The fourth-order valence-corrected chi connectivity index (χ4v) is 10.3.